The molecule has 68 valence electrons. The smallest absolute Gasteiger partial charge is 0.870 e. The van der Waals surface area contributed by atoms with E-state index in [-0.39, 0.29) is 44.2 Å². The largest absolute Gasteiger partial charge is 3.00 e. The summed E-state index contributed by atoms with van der Waals surface area (Å²) >= 11 is 0. The molecule has 5 nitrogen and oxygen atoms in total. The van der Waals surface area contributed by atoms with Gasteiger partial charge in [-0.3, -0.25) is 0 Å². The fraction of sp³-hybridized carbons (Fsp3) is 0.667. The number of carboxylic acid groups (broad SMARTS) is 2. The normalized spacial score (nSPS) is 6.17. The van der Waals surface area contributed by atoms with Crippen molar-refractivity contribution >= 4 is 37.8 Å². The van der Waals surface area contributed by atoms with Crippen LogP contribution in [0.2, 0.25) is 0 Å². The molecule has 0 atom stereocenters. The van der Waals surface area contributed by atoms with Crippen LogP contribution < -0.4 is 10.2 Å². The molecule has 12 heavy (non-hydrogen) atoms. The summed E-state index contributed by atoms with van der Waals surface area (Å²) < 4.78 is 0. The van der Waals surface area contributed by atoms with Crippen molar-refractivity contribution < 1.29 is 25.3 Å². The summed E-state index contributed by atoms with van der Waals surface area (Å²) in [4.78, 5) is 18.5. The number of hydrogen-bond donors (Lipinski definition) is 0. The first-order valence-electron chi connectivity index (χ1n) is 2.94. The minimum absolute atomic E-state index is 0. The van der Waals surface area contributed by atoms with Gasteiger partial charge >= 0.3 is 25.8 Å². The SMILES string of the molecule is CCC(=O)[O-].CCC(=O)[O-].[In+3].[OH-]. The third-order valence-electron chi connectivity index (χ3n) is 0.577. The molecule has 0 spiro atoms. The van der Waals surface area contributed by atoms with Crippen molar-refractivity contribution in [1.29, 1.82) is 0 Å². The quantitative estimate of drug-likeness (QED) is 0.565. The molecular formula is C6H11InO5. The Morgan fingerprint density at radius 1 is 1.00 bits per heavy atom. The van der Waals surface area contributed by atoms with Gasteiger partial charge in [-0.05, 0) is 12.8 Å². The fourth-order valence-corrected chi connectivity index (χ4v) is 0. The Labute approximate surface area is 89.9 Å². The average molecular weight is 278 g/mol. The number of hydrogen-bond acceptors (Lipinski definition) is 5. The number of rotatable bonds is 2. The van der Waals surface area contributed by atoms with Crippen LogP contribution in [0, 0.1) is 0 Å². The molecule has 1 N–H and O–H groups in total. The van der Waals surface area contributed by atoms with E-state index in [1.807, 2.05) is 0 Å². The van der Waals surface area contributed by atoms with Crippen molar-refractivity contribution in [2.24, 2.45) is 0 Å². The van der Waals surface area contributed by atoms with Gasteiger partial charge in [-0.15, -0.1) is 0 Å². The van der Waals surface area contributed by atoms with Crippen molar-refractivity contribution in [2.45, 2.75) is 26.7 Å². The van der Waals surface area contributed by atoms with Crippen LogP contribution >= 0.6 is 0 Å². The van der Waals surface area contributed by atoms with Crippen molar-refractivity contribution in [3.8, 4) is 0 Å². The molecule has 0 saturated carbocycles. The van der Waals surface area contributed by atoms with Crippen LogP contribution in [-0.2, 0) is 9.59 Å². The van der Waals surface area contributed by atoms with Crippen LogP contribution in [-0.4, -0.2) is 43.3 Å². The maximum Gasteiger partial charge on any atom is 3.00 e. The Hall–Kier alpha value is -0.230. The molecule has 0 aromatic carbocycles. The van der Waals surface area contributed by atoms with Gasteiger partial charge in [-0.1, -0.05) is 13.8 Å². The van der Waals surface area contributed by atoms with Gasteiger partial charge in [0.1, 0.15) is 0 Å². The molecule has 0 heterocycles. The van der Waals surface area contributed by atoms with Crippen LogP contribution in [0.5, 0.6) is 0 Å². The van der Waals surface area contributed by atoms with Gasteiger partial charge in [0.15, 0.2) is 0 Å². The van der Waals surface area contributed by atoms with Crippen LogP contribution in [0.4, 0.5) is 0 Å². The van der Waals surface area contributed by atoms with Gasteiger partial charge in [0.2, 0.25) is 0 Å². The van der Waals surface area contributed by atoms with E-state index in [9.17, 15) is 19.8 Å². The third-order valence-corrected chi connectivity index (χ3v) is 0.577. The molecule has 0 aromatic rings. The molecule has 0 saturated heterocycles. The maximum atomic E-state index is 9.26. The number of carbonyl (C=O) groups excluding carboxylic acids is 2. The molecule has 0 rings (SSSR count). The second-order valence-electron chi connectivity index (χ2n) is 1.45. The van der Waals surface area contributed by atoms with Crippen molar-refractivity contribution in [2.75, 3.05) is 0 Å². The standard InChI is InChI=1S/2C3H6O2.In.H2O/c2*1-2-3(4)5;;/h2*2H2,1H3,(H,4,5);;1H2/q;;+3;/p-3. The predicted molar refractivity (Wildman–Crippen MR) is 38.3 cm³/mol. The molecule has 0 aliphatic rings. The second-order valence-corrected chi connectivity index (χ2v) is 1.45. The first-order chi connectivity index (χ1) is 4.54. The fourth-order valence-electron chi connectivity index (χ4n) is 0. The van der Waals surface area contributed by atoms with Gasteiger partial charge < -0.3 is 25.3 Å². The first-order valence-corrected chi connectivity index (χ1v) is 2.94. The van der Waals surface area contributed by atoms with Crippen LogP contribution in [0.1, 0.15) is 26.7 Å². The summed E-state index contributed by atoms with van der Waals surface area (Å²) in [5.41, 5.74) is 0. The molecule has 0 aliphatic heterocycles. The summed E-state index contributed by atoms with van der Waals surface area (Å²) in [5, 5.41) is 18.5. The van der Waals surface area contributed by atoms with Crippen LogP contribution in [0.3, 0.4) is 0 Å². The Morgan fingerprint density at radius 2 is 1.08 bits per heavy atom. The Kier molecular flexibility index (Phi) is 32.1. The van der Waals surface area contributed by atoms with E-state index in [0.717, 1.165) is 0 Å². The van der Waals surface area contributed by atoms with E-state index in [2.05, 4.69) is 0 Å². The molecule has 6 heteroatoms. The van der Waals surface area contributed by atoms with Gasteiger partial charge in [0.05, 0.1) is 0 Å². The van der Waals surface area contributed by atoms with E-state index < -0.39 is 11.9 Å². The number of carboxylic acids is 2. The first kappa shape index (κ1) is 22.6. The molecule has 0 unspecified atom stereocenters. The summed E-state index contributed by atoms with van der Waals surface area (Å²) in [6, 6.07) is 0. The zero-order valence-corrected chi connectivity index (χ0v) is 10.4. The Morgan fingerprint density at radius 3 is 1.08 bits per heavy atom. The van der Waals surface area contributed by atoms with Crippen molar-refractivity contribution in [3.05, 3.63) is 0 Å². The summed E-state index contributed by atoms with van der Waals surface area (Å²) in [6.07, 6.45) is 0.222. The van der Waals surface area contributed by atoms with Crippen molar-refractivity contribution in [1.82, 2.24) is 0 Å². The van der Waals surface area contributed by atoms with E-state index in [1.165, 1.54) is 13.8 Å². The van der Waals surface area contributed by atoms with E-state index in [0.29, 0.717) is 0 Å². The Bertz CT molecular complexity index is 101. The van der Waals surface area contributed by atoms with Gasteiger partial charge in [0.25, 0.3) is 0 Å². The van der Waals surface area contributed by atoms with Crippen LogP contribution in [0.25, 0.3) is 0 Å². The number of carbonyl (C=O) groups is 2. The van der Waals surface area contributed by atoms with Gasteiger partial charge in [0, 0.05) is 11.9 Å². The maximum absolute atomic E-state index is 9.26. The minimum atomic E-state index is -0.995. The van der Waals surface area contributed by atoms with E-state index in [1.54, 1.807) is 0 Å². The zero-order chi connectivity index (χ0) is 8.57. The monoisotopic (exact) mass is 278 g/mol. The van der Waals surface area contributed by atoms with Crippen molar-refractivity contribution in [3.63, 3.8) is 0 Å². The molecule has 0 radical (unpaired) electrons. The summed E-state index contributed by atoms with van der Waals surface area (Å²) in [5.74, 6) is -1.99. The number of aliphatic carboxylic acids is 2. The minimum Gasteiger partial charge on any atom is -0.870 e. The molecule has 0 amide bonds. The summed E-state index contributed by atoms with van der Waals surface area (Å²) in [7, 11) is 0. The molecular weight excluding hydrogens is 267 g/mol. The average Bonchev–Trinajstić information content (AvgIpc) is 1.89. The Balaban J connectivity index is -0.0000000457. The summed E-state index contributed by atoms with van der Waals surface area (Å²) in [6.45, 7) is 3.07. The van der Waals surface area contributed by atoms with Gasteiger partial charge in [-0.2, -0.15) is 0 Å². The predicted octanol–water partition coefficient (Wildman–Crippen LogP) is -2.26. The topological polar surface area (TPSA) is 110 Å². The molecule has 0 bridgehead atoms. The van der Waals surface area contributed by atoms with Gasteiger partial charge in [-0.25, -0.2) is 0 Å². The van der Waals surface area contributed by atoms with Crippen LogP contribution in [0.15, 0.2) is 0 Å². The van der Waals surface area contributed by atoms with E-state index in [4.69, 9.17) is 0 Å². The van der Waals surface area contributed by atoms with E-state index >= 15 is 0 Å². The second kappa shape index (κ2) is 17.0. The third kappa shape index (κ3) is 52.9. The molecule has 0 aliphatic carbocycles. The molecule has 0 fully saturated rings. The molecule has 0 aromatic heterocycles. The zero-order valence-electron chi connectivity index (χ0n) is 7.07.